The number of carbonyl (C=O) groups is 4. The molecule has 0 saturated carbocycles. The third-order valence-electron chi connectivity index (χ3n) is 8.17. The van der Waals surface area contributed by atoms with Crippen LogP contribution < -0.4 is 21.3 Å². The second-order valence-electron chi connectivity index (χ2n) is 12.1. The summed E-state index contributed by atoms with van der Waals surface area (Å²) in [5.41, 5.74) is 3.96. The lowest BCUT2D eigenvalue weighted by molar-refractivity contribution is -0.125. The number of aliphatic hydroxyl groups excluding tert-OH is 1. The maximum Gasteiger partial charge on any atom is 0.273 e. The summed E-state index contributed by atoms with van der Waals surface area (Å²) < 4.78 is 7.55. The lowest BCUT2D eigenvalue weighted by Gasteiger charge is -2.23. The van der Waals surface area contributed by atoms with Crippen LogP contribution in [-0.4, -0.2) is 68.2 Å². The topological polar surface area (TPSA) is 180 Å². The molecule has 5 N–H and O–H groups in total. The van der Waals surface area contributed by atoms with Gasteiger partial charge in [-0.05, 0) is 69.4 Å². The van der Waals surface area contributed by atoms with Crippen molar-refractivity contribution in [3.63, 3.8) is 0 Å². The Balaban J connectivity index is 1.40. The fourth-order valence-corrected chi connectivity index (χ4v) is 5.62. The summed E-state index contributed by atoms with van der Waals surface area (Å²) in [6.45, 7) is 6.03. The summed E-state index contributed by atoms with van der Waals surface area (Å²) in [5.74, 6) is -2.06. The van der Waals surface area contributed by atoms with E-state index in [0.29, 0.717) is 31.4 Å². The smallest absolute Gasteiger partial charge is 0.273 e. The summed E-state index contributed by atoms with van der Waals surface area (Å²) in [6.07, 6.45) is 1.51. The third kappa shape index (κ3) is 8.73. The third-order valence-corrected chi connectivity index (χ3v) is 8.17. The number of carbonyl (C=O) groups excluding carboxylic acids is 4. The predicted molar refractivity (Wildman–Crippen MR) is 176 cm³/mol. The Morgan fingerprint density at radius 2 is 1.79 bits per heavy atom. The SMILES string of the molecule is Cc1cc(C)n(Cc2cccc(C(=O)N[C@H]3CCCCNC(=O)[C@H]([C@@H](C)O)NC(=O)c4coc(n4)[C@H](Cc4ccccc4)NC3=O)c2)n1. The largest absolute Gasteiger partial charge is 0.446 e. The van der Waals surface area contributed by atoms with Gasteiger partial charge in [0, 0.05) is 24.2 Å². The zero-order chi connectivity index (χ0) is 34.2. The minimum Gasteiger partial charge on any atom is -0.446 e. The highest BCUT2D eigenvalue weighted by Gasteiger charge is 2.30. The van der Waals surface area contributed by atoms with Gasteiger partial charge < -0.3 is 30.8 Å². The van der Waals surface area contributed by atoms with Crippen LogP contribution in [0.1, 0.15) is 81.5 Å². The highest BCUT2D eigenvalue weighted by molar-refractivity contribution is 5.98. The number of hydrogen-bond acceptors (Lipinski definition) is 8. The van der Waals surface area contributed by atoms with E-state index in [2.05, 4.69) is 31.3 Å². The van der Waals surface area contributed by atoms with Gasteiger partial charge in [0.2, 0.25) is 17.7 Å². The van der Waals surface area contributed by atoms with Crippen molar-refractivity contribution >= 4 is 23.6 Å². The van der Waals surface area contributed by atoms with Crippen molar-refractivity contribution in [1.29, 1.82) is 0 Å². The van der Waals surface area contributed by atoms with Gasteiger partial charge in [0.05, 0.1) is 18.3 Å². The molecule has 0 unspecified atom stereocenters. The first-order chi connectivity index (χ1) is 23.1. The number of oxazole rings is 1. The molecule has 1 aliphatic heterocycles. The Morgan fingerprint density at radius 1 is 1.02 bits per heavy atom. The first kappa shape index (κ1) is 34.0. The molecule has 13 nitrogen and oxygen atoms in total. The number of nitrogens with zero attached hydrogens (tertiary/aromatic N) is 3. The second-order valence-corrected chi connectivity index (χ2v) is 12.1. The molecule has 2 bridgehead atoms. The van der Waals surface area contributed by atoms with E-state index in [9.17, 15) is 24.3 Å². The van der Waals surface area contributed by atoms with Gasteiger partial charge in [0.25, 0.3) is 11.8 Å². The highest BCUT2D eigenvalue weighted by atomic mass is 16.3. The van der Waals surface area contributed by atoms with E-state index in [0.717, 1.165) is 28.8 Å². The van der Waals surface area contributed by atoms with Gasteiger partial charge in [-0.25, -0.2) is 4.98 Å². The van der Waals surface area contributed by atoms with Gasteiger partial charge in [0.15, 0.2) is 5.69 Å². The summed E-state index contributed by atoms with van der Waals surface area (Å²) in [7, 11) is 0. The molecule has 0 aliphatic carbocycles. The van der Waals surface area contributed by atoms with Gasteiger partial charge in [0.1, 0.15) is 24.4 Å². The van der Waals surface area contributed by atoms with Crippen LogP contribution in [0.3, 0.4) is 0 Å². The van der Waals surface area contributed by atoms with Crippen LogP contribution in [0.2, 0.25) is 0 Å². The maximum absolute atomic E-state index is 13.9. The first-order valence-electron chi connectivity index (χ1n) is 16.0. The van der Waals surface area contributed by atoms with E-state index < -0.39 is 47.9 Å². The molecule has 4 atom stereocenters. The van der Waals surface area contributed by atoms with Gasteiger partial charge in [-0.2, -0.15) is 5.10 Å². The molecule has 4 amide bonds. The first-order valence-corrected chi connectivity index (χ1v) is 16.0. The number of aryl methyl sites for hydroxylation is 2. The molecule has 0 fully saturated rings. The van der Waals surface area contributed by atoms with Crippen molar-refractivity contribution < 1.29 is 28.7 Å². The van der Waals surface area contributed by atoms with Crippen LogP contribution in [0.4, 0.5) is 0 Å². The fraction of sp³-hybridized carbons (Fsp3) is 0.371. The lowest BCUT2D eigenvalue weighted by atomic mass is 10.0. The van der Waals surface area contributed by atoms with Crippen molar-refractivity contribution in [3.8, 4) is 0 Å². The number of benzene rings is 2. The minimum atomic E-state index is -1.21. The summed E-state index contributed by atoms with van der Waals surface area (Å²) in [6, 6.07) is 15.7. The zero-order valence-corrected chi connectivity index (χ0v) is 27.2. The van der Waals surface area contributed by atoms with Crippen molar-refractivity contribution in [2.75, 3.05) is 6.54 Å². The maximum atomic E-state index is 13.9. The molecular formula is C35H41N7O6. The van der Waals surface area contributed by atoms with Crippen molar-refractivity contribution in [2.45, 2.75) is 77.2 Å². The van der Waals surface area contributed by atoms with E-state index in [1.54, 1.807) is 18.2 Å². The molecule has 0 spiro atoms. The number of fused-ring (bicyclic) bond motifs is 2. The lowest BCUT2D eigenvalue weighted by Crippen LogP contribution is -2.52. The van der Waals surface area contributed by atoms with Gasteiger partial charge in [-0.1, -0.05) is 42.5 Å². The average molecular weight is 656 g/mol. The summed E-state index contributed by atoms with van der Waals surface area (Å²) in [4.78, 5) is 57.6. The quantitative estimate of drug-likeness (QED) is 0.201. The minimum absolute atomic E-state index is 0.0735. The molecule has 2 aromatic carbocycles. The van der Waals surface area contributed by atoms with Crippen LogP contribution in [0.15, 0.2) is 71.3 Å². The summed E-state index contributed by atoms with van der Waals surface area (Å²) in [5, 5.41) is 25.9. The molecule has 0 radical (unpaired) electrons. The fourth-order valence-electron chi connectivity index (χ4n) is 5.62. The monoisotopic (exact) mass is 655 g/mol. The number of aliphatic hydroxyl groups is 1. The van der Waals surface area contributed by atoms with Crippen molar-refractivity contribution in [2.24, 2.45) is 0 Å². The van der Waals surface area contributed by atoms with Gasteiger partial charge in [-0.15, -0.1) is 0 Å². The van der Waals surface area contributed by atoms with Crippen LogP contribution in [0.25, 0.3) is 0 Å². The van der Waals surface area contributed by atoms with Gasteiger partial charge in [-0.3, -0.25) is 23.9 Å². The molecule has 2 aromatic heterocycles. The van der Waals surface area contributed by atoms with Crippen molar-refractivity contribution in [3.05, 3.63) is 107 Å². The average Bonchev–Trinajstić information content (AvgIpc) is 3.68. The predicted octanol–water partition coefficient (Wildman–Crippen LogP) is 2.51. The van der Waals surface area contributed by atoms with E-state index >= 15 is 0 Å². The normalized spacial score (nSPS) is 19.9. The highest BCUT2D eigenvalue weighted by Crippen LogP contribution is 2.20. The van der Waals surface area contributed by atoms with E-state index in [4.69, 9.17) is 4.42 Å². The Hall–Kier alpha value is -5.30. The molecule has 1 aliphatic rings. The molecule has 4 aromatic rings. The number of rotatable bonds is 7. The standard InChI is InChI=1S/C35H41N7O6/c1-21-16-22(2)42(41-21)19-25-12-9-13-26(17-25)31(44)37-27-14-7-8-15-36-34(47)30(23(3)43)40-33(46)29-20-48-35(39-29)28(38-32(27)45)18-24-10-5-4-6-11-24/h4-6,9-13,16-17,20,23,27-28,30,43H,7-8,14-15,18-19H2,1-3H3,(H,36,47)(H,37,44)(H,38,45)(H,40,46)/t23-,27+,28+,30+/m1/s1. The van der Waals surface area contributed by atoms with Crippen LogP contribution in [0, 0.1) is 13.8 Å². The van der Waals surface area contributed by atoms with Crippen LogP contribution in [0.5, 0.6) is 0 Å². The number of nitrogens with one attached hydrogen (secondary N) is 4. The van der Waals surface area contributed by atoms with Crippen LogP contribution >= 0.6 is 0 Å². The summed E-state index contributed by atoms with van der Waals surface area (Å²) >= 11 is 0. The molecular weight excluding hydrogens is 614 g/mol. The number of aromatic nitrogens is 3. The molecule has 5 rings (SSSR count). The molecule has 252 valence electrons. The Labute approximate surface area is 278 Å². The van der Waals surface area contributed by atoms with Gasteiger partial charge >= 0.3 is 0 Å². The van der Waals surface area contributed by atoms with Crippen molar-refractivity contribution in [1.82, 2.24) is 36.0 Å². The molecule has 0 saturated heterocycles. The van der Waals surface area contributed by atoms with E-state index in [1.165, 1.54) is 6.92 Å². The number of hydrogen-bond donors (Lipinski definition) is 5. The Morgan fingerprint density at radius 3 is 2.52 bits per heavy atom. The van der Waals surface area contributed by atoms with Crippen LogP contribution in [-0.2, 0) is 22.6 Å². The zero-order valence-electron chi connectivity index (χ0n) is 27.2. The molecule has 48 heavy (non-hydrogen) atoms. The van der Waals surface area contributed by atoms with E-state index in [1.807, 2.05) is 61.0 Å². The Kier molecular flexibility index (Phi) is 11.0. The number of amides is 4. The molecule has 3 heterocycles. The Bertz CT molecular complexity index is 1750. The van der Waals surface area contributed by atoms with E-state index in [-0.39, 0.29) is 24.6 Å². The molecule has 13 heteroatoms. The second kappa shape index (κ2) is 15.5.